The molecule has 6 heteroatoms. The number of aromatic nitrogens is 1. The summed E-state index contributed by atoms with van der Waals surface area (Å²) >= 11 is 1.73. The molecule has 0 aliphatic carbocycles. The van der Waals surface area contributed by atoms with Crippen LogP contribution in [0.1, 0.15) is 36.6 Å². The minimum atomic E-state index is -0.0146. The molecule has 112 valence electrons. The average molecular weight is 305 g/mol. The summed E-state index contributed by atoms with van der Waals surface area (Å²) in [7, 11) is 0. The molecule has 1 aliphatic rings. The molecule has 1 aliphatic heterocycles. The van der Waals surface area contributed by atoms with Crippen molar-refractivity contribution in [3.63, 3.8) is 0 Å². The fourth-order valence-electron chi connectivity index (χ4n) is 2.81. The normalized spacial score (nSPS) is 19.0. The molecule has 2 aromatic rings. The number of anilines is 1. The largest absolute Gasteiger partial charge is 0.360 e. The van der Waals surface area contributed by atoms with E-state index >= 15 is 0 Å². The van der Waals surface area contributed by atoms with Crippen LogP contribution in [0.5, 0.6) is 0 Å². The van der Waals surface area contributed by atoms with Crippen molar-refractivity contribution in [3.05, 3.63) is 34.2 Å². The summed E-state index contributed by atoms with van der Waals surface area (Å²) in [6.07, 6.45) is 2.86. The first-order valence-electron chi connectivity index (χ1n) is 7.21. The molecule has 1 fully saturated rings. The van der Waals surface area contributed by atoms with Crippen molar-refractivity contribution < 1.29 is 9.32 Å². The van der Waals surface area contributed by atoms with Crippen LogP contribution in [-0.2, 0) is 4.79 Å². The number of nitrogens with one attached hydrogen (secondary N) is 1. The van der Waals surface area contributed by atoms with Gasteiger partial charge >= 0.3 is 0 Å². The van der Waals surface area contributed by atoms with E-state index in [1.54, 1.807) is 24.3 Å². The Bertz CT molecular complexity index is 594. The lowest BCUT2D eigenvalue weighted by Gasteiger charge is -2.23. The Morgan fingerprint density at radius 1 is 1.62 bits per heavy atom. The minimum Gasteiger partial charge on any atom is -0.360 e. The number of likely N-dealkylation sites (tertiary alicyclic amines) is 1. The summed E-state index contributed by atoms with van der Waals surface area (Å²) in [5, 5.41) is 10.9. The molecule has 1 saturated heterocycles. The number of amides is 1. The van der Waals surface area contributed by atoms with Gasteiger partial charge in [-0.25, -0.2) is 0 Å². The van der Waals surface area contributed by atoms with Crippen LogP contribution in [-0.4, -0.2) is 29.1 Å². The molecule has 0 spiro atoms. The van der Waals surface area contributed by atoms with Gasteiger partial charge < -0.3 is 9.84 Å². The molecule has 1 N–H and O–H groups in total. The second-order valence-corrected chi connectivity index (χ2v) is 6.15. The smallest absolute Gasteiger partial charge is 0.226 e. The second kappa shape index (κ2) is 6.41. The third kappa shape index (κ3) is 3.51. The van der Waals surface area contributed by atoms with Crippen LogP contribution in [0.25, 0.3) is 0 Å². The number of hydrogen-bond donors (Lipinski definition) is 1. The Balaban J connectivity index is 1.51. The Hall–Kier alpha value is -1.66. The zero-order valence-corrected chi connectivity index (χ0v) is 12.9. The standard InChI is InChI=1S/C15H19N3O2S/c1-11-9-14(17-20-11)16-15(19)4-7-18-6-2-3-13(18)12-5-8-21-10-12/h5,8-10,13H,2-4,6-7H2,1H3,(H,16,17,19)/t13-/m0/s1. The molecule has 2 aromatic heterocycles. The predicted molar refractivity (Wildman–Crippen MR) is 82.4 cm³/mol. The van der Waals surface area contributed by atoms with Crippen molar-refractivity contribution in [2.75, 3.05) is 18.4 Å². The number of thiophene rings is 1. The van der Waals surface area contributed by atoms with Crippen LogP contribution in [0.3, 0.4) is 0 Å². The van der Waals surface area contributed by atoms with Gasteiger partial charge in [-0.05, 0) is 48.7 Å². The van der Waals surface area contributed by atoms with E-state index in [-0.39, 0.29) is 5.91 Å². The zero-order chi connectivity index (χ0) is 14.7. The third-order valence-electron chi connectivity index (χ3n) is 3.81. The van der Waals surface area contributed by atoms with Crippen molar-refractivity contribution in [3.8, 4) is 0 Å². The first-order chi connectivity index (χ1) is 10.2. The average Bonchev–Trinajstić information content (AvgIpc) is 3.16. The van der Waals surface area contributed by atoms with Gasteiger partial charge in [-0.2, -0.15) is 11.3 Å². The van der Waals surface area contributed by atoms with E-state index in [4.69, 9.17) is 4.52 Å². The van der Waals surface area contributed by atoms with Gasteiger partial charge in [0.25, 0.3) is 0 Å². The molecule has 3 rings (SSSR count). The summed E-state index contributed by atoms with van der Waals surface area (Å²) in [6.45, 7) is 3.65. The Morgan fingerprint density at radius 3 is 3.24 bits per heavy atom. The summed E-state index contributed by atoms with van der Waals surface area (Å²) < 4.78 is 4.94. The third-order valence-corrected chi connectivity index (χ3v) is 4.51. The van der Waals surface area contributed by atoms with Crippen molar-refractivity contribution in [2.45, 2.75) is 32.2 Å². The topological polar surface area (TPSA) is 58.4 Å². The molecular formula is C15H19N3O2S. The van der Waals surface area contributed by atoms with Crippen molar-refractivity contribution in [1.29, 1.82) is 0 Å². The van der Waals surface area contributed by atoms with Gasteiger partial charge in [-0.15, -0.1) is 0 Å². The van der Waals surface area contributed by atoms with E-state index in [9.17, 15) is 4.79 Å². The Labute approximate surface area is 127 Å². The van der Waals surface area contributed by atoms with E-state index < -0.39 is 0 Å². The number of nitrogens with zero attached hydrogens (tertiary/aromatic N) is 2. The van der Waals surface area contributed by atoms with Crippen LogP contribution in [0.15, 0.2) is 27.4 Å². The molecule has 0 saturated carbocycles. The van der Waals surface area contributed by atoms with Crippen LogP contribution in [0.2, 0.25) is 0 Å². The molecule has 0 radical (unpaired) electrons. The lowest BCUT2D eigenvalue weighted by atomic mass is 10.1. The Kier molecular flexibility index (Phi) is 4.36. The predicted octanol–water partition coefficient (Wildman–Crippen LogP) is 3.21. The lowest BCUT2D eigenvalue weighted by Crippen LogP contribution is -2.27. The maximum atomic E-state index is 12.0. The second-order valence-electron chi connectivity index (χ2n) is 5.37. The Morgan fingerprint density at radius 2 is 2.52 bits per heavy atom. The van der Waals surface area contributed by atoms with Gasteiger partial charge in [-0.3, -0.25) is 9.69 Å². The SMILES string of the molecule is Cc1cc(NC(=O)CCN2CCC[C@H]2c2ccsc2)no1. The quantitative estimate of drug-likeness (QED) is 0.921. The first-order valence-corrected chi connectivity index (χ1v) is 8.16. The van der Waals surface area contributed by atoms with Crippen LogP contribution >= 0.6 is 11.3 Å². The van der Waals surface area contributed by atoms with Crippen molar-refractivity contribution in [1.82, 2.24) is 10.1 Å². The number of aryl methyl sites for hydroxylation is 1. The van der Waals surface area contributed by atoms with Crippen molar-refractivity contribution >= 4 is 23.1 Å². The molecule has 21 heavy (non-hydrogen) atoms. The zero-order valence-electron chi connectivity index (χ0n) is 12.0. The molecule has 1 atom stereocenters. The van der Waals surface area contributed by atoms with E-state index in [2.05, 4.69) is 32.2 Å². The summed E-state index contributed by atoms with van der Waals surface area (Å²) in [6, 6.07) is 4.38. The van der Waals surface area contributed by atoms with Crippen molar-refractivity contribution in [2.24, 2.45) is 0 Å². The molecule has 5 nitrogen and oxygen atoms in total. The van der Waals surface area contributed by atoms with Gasteiger partial charge in [0.15, 0.2) is 5.82 Å². The van der Waals surface area contributed by atoms with Gasteiger partial charge in [-0.1, -0.05) is 5.16 Å². The molecule has 0 unspecified atom stereocenters. The highest BCUT2D eigenvalue weighted by Gasteiger charge is 2.26. The fourth-order valence-corrected chi connectivity index (χ4v) is 3.52. The number of carbonyl (C=O) groups excluding carboxylic acids is 1. The van der Waals surface area contributed by atoms with Gasteiger partial charge in [0.05, 0.1) is 0 Å². The van der Waals surface area contributed by atoms with E-state index in [1.165, 1.54) is 18.4 Å². The molecule has 3 heterocycles. The highest BCUT2D eigenvalue weighted by molar-refractivity contribution is 7.07. The first kappa shape index (κ1) is 14.3. The van der Waals surface area contributed by atoms with Gasteiger partial charge in [0, 0.05) is 25.1 Å². The highest BCUT2D eigenvalue weighted by Crippen LogP contribution is 2.32. The molecule has 0 aromatic carbocycles. The lowest BCUT2D eigenvalue weighted by molar-refractivity contribution is -0.116. The maximum Gasteiger partial charge on any atom is 0.226 e. The minimum absolute atomic E-state index is 0.0146. The number of rotatable bonds is 5. The molecule has 0 bridgehead atoms. The van der Waals surface area contributed by atoms with E-state index in [1.807, 2.05) is 0 Å². The van der Waals surface area contributed by atoms with Crippen LogP contribution < -0.4 is 5.32 Å². The van der Waals surface area contributed by atoms with Crippen LogP contribution in [0, 0.1) is 6.92 Å². The monoisotopic (exact) mass is 305 g/mol. The van der Waals surface area contributed by atoms with Gasteiger partial charge in [0.2, 0.25) is 5.91 Å². The van der Waals surface area contributed by atoms with Crippen LogP contribution in [0.4, 0.5) is 5.82 Å². The summed E-state index contributed by atoms with van der Waals surface area (Å²) in [5.74, 6) is 1.18. The number of carbonyl (C=O) groups is 1. The molecule has 1 amide bonds. The highest BCUT2D eigenvalue weighted by atomic mass is 32.1. The van der Waals surface area contributed by atoms with Gasteiger partial charge in [0.1, 0.15) is 5.76 Å². The van der Waals surface area contributed by atoms with E-state index in [0.29, 0.717) is 24.0 Å². The molecular weight excluding hydrogens is 286 g/mol. The van der Waals surface area contributed by atoms with E-state index in [0.717, 1.165) is 13.1 Å². The number of hydrogen-bond acceptors (Lipinski definition) is 5. The summed E-state index contributed by atoms with van der Waals surface area (Å²) in [5.41, 5.74) is 1.38. The maximum absolute atomic E-state index is 12.0. The summed E-state index contributed by atoms with van der Waals surface area (Å²) in [4.78, 5) is 14.4. The fraction of sp³-hybridized carbons (Fsp3) is 0.467.